The summed E-state index contributed by atoms with van der Waals surface area (Å²) in [6, 6.07) is 11.3. The number of aromatic nitrogens is 1. The molecule has 0 radical (unpaired) electrons. The third-order valence-electron chi connectivity index (χ3n) is 3.64. The average Bonchev–Trinajstić information content (AvgIpc) is 3.31. The van der Waals surface area contributed by atoms with Crippen LogP contribution in [0.2, 0.25) is 0 Å². The number of para-hydroxylation sites is 1. The van der Waals surface area contributed by atoms with Crippen molar-refractivity contribution in [2.75, 3.05) is 4.90 Å². The molecule has 26 heavy (non-hydrogen) atoms. The number of thiophene rings is 1. The fourth-order valence-corrected chi connectivity index (χ4v) is 3.95. The zero-order valence-corrected chi connectivity index (χ0v) is 15.9. The molecule has 0 N–H and O–H groups in total. The summed E-state index contributed by atoms with van der Waals surface area (Å²) in [6.07, 6.45) is 1.02. The molecule has 0 spiro atoms. The summed E-state index contributed by atoms with van der Waals surface area (Å²) in [5.74, 6) is -0.373. The molecular weight excluding hydrogens is 368 g/mol. The van der Waals surface area contributed by atoms with Gasteiger partial charge in [0.05, 0.1) is 11.4 Å². The van der Waals surface area contributed by atoms with Crippen molar-refractivity contribution in [1.82, 2.24) is 4.98 Å². The third kappa shape index (κ3) is 4.77. The Balaban J connectivity index is 1.58. The van der Waals surface area contributed by atoms with Crippen LogP contribution in [0.3, 0.4) is 0 Å². The molecule has 1 amide bonds. The van der Waals surface area contributed by atoms with E-state index in [2.05, 4.69) is 4.98 Å². The highest BCUT2D eigenvalue weighted by molar-refractivity contribution is 7.14. The Labute approximate surface area is 159 Å². The molecule has 7 heteroatoms. The largest absolute Gasteiger partial charge is 0.459 e. The van der Waals surface area contributed by atoms with Crippen LogP contribution in [0.25, 0.3) is 0 Å². The van der Waals surface area contributed by atoms with Crippen LogP contribution < -0.4 is 4.90 Å². The maximum Gasteiger partial charge on any atom is 0.306 e. The number of anilines is 2. The lowest BCUT2D eigenvalue weighted by atomic mass is 10.2. The van der Waals surface area contributed by atoms with Gasteiger partial charge in [-0.15, -0.1) is 11.3 Å². The van der Waals surface area contributed by atoms with Gasteiger partial charge in [0, 0.05) is 18.7 Å². The molecule has 0 aliphatic rings. The number of carbonyl (C=O) groups excluding carboxylic acids is 2. The number of thiazole rings is 1. The van der Waals surface area contributed by atoms with Crippen molar-refractivity contribution in [3.05, 3.63) is 63.8 Å². The lowest BCUT2D eigenvalue weighted by Gasteiger charge is -2.17. The van der Waals surface area contributed by atoms with E-state index in [0.717, 1.165) is 11.3 Å². The van der Waals surface area contributed by atoms with Gasteiger partial charge in [-0.25, -0.2) is 4.98 Å². The molecule has 0 saturated heterocycles. The quantitative estimate of drug-likeness (QED) is 0.558. The molecule has 0 unspecified atom stereocenters. The second-order valence-corrected chi connectivity index (χ2v) is 7.22. The van der Waals surface area contributed by atoms with Crippen LogP contribution in [-0.2, 0) is 27.4 Å². The van der Waals surface area contributed by atoms with Gasteiger partial charge in [0.15, 0.2) is 5.13 Å². The van der Waals surface area contributed by atoms with Gasteiger partial charge in [-0.2, -0.15) is 11.3 Å². The van der Waals surface area contributed by atoms with Crippen molar-refractivity contribution in [3.8, 4) is 0 Å². The number of hydrogen-bond donors (Lipinski definition) is 0. The van der Waals surface area contributed by atoms with Gasteiger partial charge in [0.2, 0.25) is 5.91 Å². The molecule has 3 rings (SSSR count). The number of carbonyl (C=O) groups is 2. The summed E-state index contributed by atoms with van der Waals surface area (Å²) in [5, 5.41) is 6.39. The number of ether oxygens (including phenoxy) is 1. The number of hydrogen-bond acceptors (Lipinski definition) is 6. The number of aryl methyl sites for hydroxylation is 1. The first-order chi connectivity index (χ1) is 12.6. The van der Waals surface area contributed by atoms with E-state index in [9.17, 15) is 9.59 Å². The van der Waals surface area contributed by atoms with Gasteiger partial charge in [0.1, 0.15) is 6.61 Å². The van der Waals surface area contributed by atoms with E-state index in [1.54, 1.807) is 21.6 Å². The monoisotopic (exact) mass is 386 g/mol. The number of rotatable bonds is 7. The van der Waals surface area contributed by atoms with E-state index in [1.165, 1.54) is 18.3 Å². The summed E-state index contributed by atoms with van der Waals surface area (Å²) < 4.78 is 5.29. The highest BCUT2D eigenvalue weighted by Gasteiger charge is 2.18. The Morgan fingerprint density at radius 1 is 1.15 bits per heavy atom. The van der Waals surface area contributed by atoms with E-state index in [0.29, 0.717) is 23.7 Å². The van der Waals surface area contributed by atoms with Gasteiger partial charge in [-0.05, 0) is 40.9 Å². The fraction of sp³-hybridized carbons (Fsp3) is 0.211. The molecule has 0 bridgehead atoms. The average molecular weight is 386 g/mol. The summed E-state index contributed by atoms with van der Waals surface area (Å²) >= 11 is 2.96. The van der Waals surface area contributed by atoms with Gasteiger partial charge in [0.25, 0.3) is 0 Å². The van der Waals surface area contributed by atoms with Crippen molar-refractivity contribution in [2.24, 2.45) is 0 Å². The van der Waals surface area contributed by atoms with Crippen LogP contribution in [0, 0.1) is 0 Å². The molecule has 2 heterocycles. The van der Waals surface area contributed by atoms with Crippen LogP contribution >= 0.6 is 22.7 Å². The van der Waals surface area contributed by atoms with E-state index in [-0.39, 0.29) is 18.5 Å². The summed E-state index contributed by atoms with van der Waals surface area (Å²) in [7, 11) is 0. The normalized spacial score (nSPS) is 10.5. The first-order valence-electron chi connectivity index (χ1n) is 8.10. The Kier molecular flexibility index (Phi) is 6.14. The third-order valence-corrected chi connectivity index (χ3v) is 5.25. The van der Waals surface area contributed by atoms with Gasteiger partial charge in [-0.3, -0.25) is 14.5 Å². The first-order valence-corrected chi connectivity index (χ1v) is 9.92. The molecule has 2 aromatic heterocycles. The number of amides is 1. The van der Waals surface area contributed by atoms with Crippen molar-refractivity contribution in [2.45, 2.75) is 26.4 Å². The number of benzene rings is 1. The molecule has 3 aromatic rings. The zero-order valence-electron chi connectivity index (χ0n) is 14.3. The minimum Gasteiger partial charge on any atom is -0.459 e. The number of esters is 1. The second-order valence-electron chi connectivity index (χ2n) is 5.60. The Morgan fingerprint density at radius 3 is 2.65 bits per heavy atom. The van der Waals surface area contributed by atoms with Gasteiger partial charge < -0.3 is 4.74 Å². The lowest BCUT2D eigenvalue weighted by molar-refractivity contribution is -0.145. The van der Waals surface area contributed by atoms with E-state index in [4.69, 9.17) is 4.74 Å². The van der Waals surface area contributed by atoms with Crippen molar-refractivity contribution in [3.63, 3.8) is 0 Å². The predicted molar refractivity (Wildman–Crippen MR) is 104 cm³/mol. The molecular formula is C19H18N2O3S2. The van der Waals surface area contributed by atoms with Crippen LogP contribution in [0.4, 0.5) is 10.8 Å². The molecule has 0 fully saturated rings. The Morgan fingerprint density at radius 2 is 1.96 bits per heavy atom. The van der Waals surface area contributed by atoms with E-state index in [1.807, 2.05) is 47.2 Å². The second kappa shape index (κ2) is 8.73. The van der Waals surface area contributed by atoms with Crippen LogP contribution in [0.5, 0.6) is 0 Å². The maximum absolute atomic E-state index is 12.0. The van der Waals surface area contributed by atoms with E-state index >= 15 is 0 Å². The standard InChI is InChI=1S/C19H18N2O3S2/c1-14(22)21(17-5-3-2-4-6-17)19-20-16(13-26-19)11-24-18(23)8-7-15-9-10-25-12-15/h2-6,9-10,12-13H,7-8,11H2,1H3. The highest BCUT2D eigenvalue weighted by atomic mass is 32.1. The Bertz CT molecular complexity index is 860. The van der Waals surface area contributed by atoms with Crippen LogP contribution in [0.1, 0.15) is 24.6 Å². The molecule has 0 aliphatic heterocycles. The first kappa shape index (κ1) is 18.3. The van der Waals surface area contributed by atoms with Crippen molar-refractivity contribution >= 4 is 45.4 Å². The topological polar surface area (TPSA) is 59.5 Å². The van der Waals surface area contributed by atoms with Gasteiger partial charge >= 0.3 is 5.97 Å². The van der Waals surface area contributed by atoms with Crippen molar-refractivity contribution in [1.29, 1.82) is 0 Å². The highest BCUT2D eigenvalue weighted by Crippen LogP contribution is 2.28. The molecule has 0 saturated carbocycles. The maximum atomic E-state index is 12.0. The molecule has 5 nitrogen and oxygen atoms in total. The molecule has 0 atom stereocenters. The number of nitrogens with zero attached hydrogens (tertiary/aromatic N) is 2. The fourth-order valence-electron chi connectivity index (χ4n) is 2.38. The predicted octanol–water partition coefficient (Wildman–Crippen LogP) is 4.57. The minimum atomic E-state index is -0.253. The summed E-state index contributed by atoms with van der Waals surface area (Å²) in [5.41, 5.74) is 2.53. The summed E-state index contributed by atoms with van der Waals surface area (Å²) in [4.78, 5) is 29.9. The summed E-state index contributed by atoms with van der Waals surface area (Å²) in [6.45, 7) is 1.61. The van der Waals surface area contributed by atoms with Crippen molar-refractivity contribution < 1.29 is 14.3 Å². The van der Waals surface area contributed by atoms with Crippen LogP contribution in [-0.4, -0.2) is 16.9 Å². The Hall–Kier alpha value is -2.51. The van der Waals surface area contributed by atoms with Gasteiger partial charge in [-0.1, -0.05) is 18.2 Å². The molecule has 0 aliphatic carbocycles. The van der Waals surface area contributed by atoms with E-state index < -0.39 is 0 Å². The lowest BCUT2D eigenvalue weighted by Crippen LogP contribution is -2.22. The van der Waals surface area contributed by atoms with Crippen LogP contribution in [0.15, 0.2) is 52.5 Å². The minimum absolute atomic E-state index is 0.111. The SMILES string of the molecule is CC(=O)N(c1ccccc1)c1nc(COC(=O)CCc2ccsc2)cs1. The zero-order chi connectivity index (χ0) is 18.4. The molecule has 134 valence electrons. The smallest absolute Gasteiger partial charge is 0.306 e. The molecule has 1 aromatic carbocycles.